The number of carbonyl (C=O) groups is 2. The number of pyridine rings is 2. The fourth-order valence-corrected chi connectivity index (χ4v) is 2.21. The van der Waals surface area contributed by atoms with Gasteiger partial charge in [-0.2, -0.15) is 0 Å². The van der Waals surface area contributed by atoms with Crippen LogP contribution in [0.4, 0.5) is 11.5 Å². The predicted octanol–water partition coefficient (Wildman–Crippen LogP) is 2.79. The van der Waals surface area contributed by atoms with Crippen LogP contribution in [0, 0.1) is 0 Å². The van der Waals surface area contributed by atoms with Gasteiger partial charge in [-0.15, -0.1) is 0 Å². The quantitative estimate of drug-likeness (QED) is 0.721. The third-order valence-electron chi connectivity index (χ3n) is 3.42. The van der Waals surface area contributed by atoms with Crippen LogP contribution < -0.4 is 11.1 Å². The van der Waals surface area contributed by atoms with E-state index in [0.29, 0.717) is 22.6 Å². The highest BCUT2D eigenvalue weighted by atomic mass is 16.1. The smallest absolute Gasteiger partial charge is 0.257 e. The first-order valence-electron chi connectivity index (χ1n) is 7.19. The number of amides is 1. The molecule has 0 unspecified atom stereocenters. The summed E-state index contributed by atoms with van der Waals surface area (Å²) in [4.78, 5) is 31.1. The first-order chi connectivity index (χ1) is 11.7. The molecule has 2 aromatic heterocycles. The van der Waals surface area contributed by atoms with Crippen molar-refractivity contribution >= 4 is 23.7 Å². The molecule has 3 rings (SSSR count). The summed E-state index contributed by atoms with van der Waals surface area (Å²) in [5.74, 6) is 0.0365. The van der Waals surface area contributed by atoms with Crippen LogP contribution in [0.5, 0.6) is 0 Å². The van der Waals surface area contributed by atoms with Crippen LogP contribution in [0.25, 0.3) is 11.1 Å². The molecular weight excluding hydrogens is 304 g/mol. The van der Waals surface area contributed by atoms with Crippen molar-refractivity contribution in [3.63, 3.8) is 0 Å². The fraction of sp³-hybridized carbons (Fsp3) is 0. The van der Waals surface area contributed by atoms with E-state index in [9.17, 15) is 9.59 Å². The molecule has 0 saturated heterocycles. The van der Waals surface area contributed by atoms with Crippen LogP contribution >= 0.6 is 0 Å². The van der Waals surface area contributed by atoms with Gasteiger partial charge in [0.05, 0.1) is 5.56 Å². The molecule has 0 aliphatic heterocycles. The number of aldehydes is 1. The molecule has 0 aliphatic rings. The Morgan fingerprint density at radius 3 is 2.54 bits per heavy atom. The van der Waals surface area contributed by atoms with Gasteiger partial charge in [0.25, 0.3) is 5.91 Å². The Morgan fingerprint density at radius 2 is 1.83 bits per heavy atom. The number of anilines is 2. The van der Waals surface area contributed by atoms with E-state index in [1.54, 1.807) is 36.5 Å². The molecule has 0 aliphatic carbocycles. The number of benzene rings is 1. The summed E-state index contributed by atoms with van der Waals surface area (Å²) < 4.78 is 0. The lowest BCUT2D eigenvalue weighted by atomic mass is 10.0. The lowest BCUT2D eigenvalue weighted by Gasteiger charge is -2.07. The second kappa shape index (κ2) is 6.70. The number of hydrogen-bond acceptors (Lipinski definition) is 5. The minimum atomic E-state index is -0.292. The van der Waals surface area contributed by atoms with Gasteiger partial charge < -0.3 is 11.1 Å². The topological polar surface area (TPSA) is 98.0 Å². The van der Waals surface area contributed by atoms with Crippen LogP contribution in [-0.2, 0) is 0 Å². The van der Waals surface area contributed by atoms with E-state index < -0.39 is 0 Å². The van der Waals surface area contributed by atoms with E-state index in [2.05, 4.69) is 15.3 Å². The summed E-state index contributed by atoms with van der Waals surface area (Å²) in [6.45, 7) is 0. The Balaban J connectivity index is 1.83. The molecule has 0 fully saturated rings. The molecule has 0 bridgehead atoms. The summed E-state index contributed by atoms with van der Waals surface area (Å²) >= 11 is 0. The van der Waals surface area contributed by atoms with E-state index in [-0.39, 0.29) is 5.91 Å². The highest BCUT2D eigenvalue weighted by Gasteiger charge is 2.09. The van der Waals surface area contributed by atoms with Gasteiger partial charge in [-0.25, -0.2) is 4.98 Å². The molecule has 6 nitrogen and oxygen atoms in total. The zero-order valence-electron chi connectivity index (χ0n) is 12.6. The molecule has 2 heterocycles. The molecule has 1 amide bonds. The van der Waals surface area contributed by atoms with Crippen LogP contribution in [0.1, 0.15) is 20.7 Å². The molecule has 0 atom stereocenters. The predicted molar refractivity (Wildman–Crippen MR) is 91.7 cm³/mol. The zero-order valence-corrected chi connectivity index (χ0v) is 12.6. The Labute approximate surface area is 138 Å². The molecule has 24 heavy (non-hydrogen) atoms. The van der Waals surface area contributed by atoms with Crippen molar-refractivity contribution in [1.82, 2.24) is 9.97 Å². The normalized spacial score (nSPS) is 10.2. The van der Waals surface area contributed by atoms with E-state index in [1.165, 1.54) is 12.4 Å². The van der Waals surface area contributed by atoms with Crippen LogP contribution in [0.3, 0.4) is 0 Å². The summed E-state index contributed by atoms with van der Waals surface area (Å²) in [5, 5.41) is 2.75. The highest BCUT2D eigenvalue weighted by molar-refractivity contribution is 6.04. The van der Waals surface area contributed by atoms with Gasteiger partial charge in [0.2, 0.25) is 0 Å². The maximum atomic E-state index is 12.4. The highest BCUT2D eigenvalue weighted by Crippen LogP contribution is 2.20. The Morgan fingerprint density at radius 1 is 1.04 bits per heavy atom. The van der Waals surface area contributed by atoms with Crippen molar-refractivity contribution in [3.05, 3.63) is 72.2 Å². The molecule has 0 spiro atoms. The lowest BCUT2D eigenvalue weighted by molar-refractivity contribution is 0.102. The van der Waals surface area contributed by atoms with Crippen molar-refractivity contribution in [2.75, 3.05) is 11.1 Å². The van der Waals surface area contributed by atoms with Crippen molar-refractivity contribution in [3.8, 4) is 11.1 Å². The number of nitrogen functional groups attached to an aromatic ring is 1. The summed E-state index contributed by atoms with van der Waals surface area (Å²) in [5.41, 5.74) is 8.83. The maximum absolute atomic E-state index is 12.4. The SMILES string of the molecule is Nc1cc(NC(=O)c2cncc(-c3ccc(C=O)cc3)c2)ccn1. The van der Waals surface area contributed by atoms with Crippen LogP contribution in [0.15, 0.2) is 61.1 Å². The average molecular weight is 318 g/mol. The number of aromatic nitrogens is 2. The first kappa shape index (κ1) is 15.4. The minimum Gasteiger partial charge on any atom is -0.384 e. The fourth-order valence-electron chi connectivity index (χ4n) is 2.21. The minimum absolute atomic E-state index is 0.292. The van der Waals surface area contributed by atoms with Gasteiger partial charge in [0, 0.05) is 41.5 Å². The molecule has 0 radical (unpaired) electrons. The monoisotopic (exact) mass is 318 g/mol. The van der Waals surface area contributed by atoms with E-state index in [0.717, 1.165) is 17.4 Å². The summed E-state index contributed by atoms with van der Waals surface area (Å²) in [6.07, 6.45) is 5.46. The number of carbonyl (C=O) groups excluding carboxylic acids is 2. The van der Waals surface area contributed by atoms with Crippen molar-refractivity contribution in [1.29, 1.82) is 0 Å². The van der Waals surface area contributed by atoms with Crippen molar-refractivity contribution < 1.29 is 9.59 Å². The van der Waals surface area contributed by atoms with Crippen molar-refractivity contribution in [2.24, 2.45) is 0 Å². The molecular formula is C18H14N4O2. The third kappa shape index (κ3) is 3.44. The van der Waals surface area contributed by atoms with Gasteiger partial charge in [0.1, 0.15) is 12.1 Å². The van der Waals surface area contributed by atoms with Gasteiger partial charge in [0.15, 0.2) is 0 Å². The summed E-state index contributed by atoms with van der Waals surface area (Å²) in [7, 11) is 0. The van der Waals surface area contributed by atoms with Gasteiger partial charge in [-0.05, 0) is 17.7 Å². The van der Waals surface area contributed by atoms with Crippen molar-refractivity contribution in [2.45, 2.75) is 0 Å². The second-order valence-corrected chi connectivity index (χ2v) is 5.13. The molecule has 3 N–H and O–H groups in total. The zero-order chi connectivity index (χ0) is 16.9. The van der Waals surface area contributed by atoms with Crippen LogP contribution in [-0.4, -0.2) is 22.2 Å². The molecule has 0 saturated carbocycles. The average Bonchev–Trinajstić information content (AvgIpc) is 2.62. The number of hydrogen-bond donors (Lipinski definition) is 2. The number of nitrogens with zero attached hydrogens (tertiary/aromatic N) is 2. The Kier molecular flexibility index (Phi) is 4.29. The largest absolute Gasteiger partial charge is 0.384 e. The lowest BCUT2D eigenvalue weighted by Crippen LogP contribution is -2.12. The van der Waals surface area contributed by atoms with E-state index in [4.69, 9.17) is 5.73 Å². The van der Waals surface area contributed by atoms with Gasteiger partial charge in [-0.1, -0.05) is 24.3 Å². The third-order valence-corrected chi connectivity index (χ3v) is 3.42. The first-order valence-corrected chi connectivity index (χ1v) is 7.19. The molecule has 3 aromatic rings. The maximum Gasteiger partial charge on any atom is 0.257 e. The summed E-state index contributed by atoms with van der Waals surface area (Å²) in [6, 6.07) is 12.0. The number of nitrogens with one attached hydrogen (secondary N) is 1. The molecule has 1 aromatic carbocycles. The molecule has 6 heteroatoms. The number of rotatable bonds is 4. The Hall–Kier alpha value is -3.54. The Bertz CT molecular complexity index is 892. The van der Waals surface area contributed by atoms with E-state index >= 15 is 0 Å². The second-order valence-electron chi connectivity index (χ2n) is 5.13. The number of nitrogens with two attached hydrogens (primary N) is 1. The van der Waals surface area contributed by atoms with E-state index in [1.807, 2.05) is 12.1 Å². The van der Waals surface area contributed by atoms with Crippen LogP contribution in [0.2, 0.25) is 0 Å². The standard InChI is InChI=1S/C18H14N4O2/c19-17-8-16(5-6-21-17)22-18(24)15-7-14(9-20-10-15)13-3-1-12(11-23)2-4-13/h1-11H,(H3,19,21,22,24). The molecule has 118 valence electrons. The van der Waals surface area contributed by atoms with Gasteiger partial charge in [-0.3, -0.25) is 14.6 Å². The van der Waals surface area contributed by atoms with Gasteiger partial charge >= 0.3 is 0 Å².